The van der Waals surface area contributed by atoms with Gasteiger partial charge in [0.05, 0.1) is 18.1 Å². The molecule has 1 atom stereocenters. The summed E-state index contributed by atoms with van der Waals surface area (Å²) in [7, 11) is -1.77. The van der Waals surface area contributed by atoms with Crippen molar-refractivity contribution < 1.29 is 22.3 Å². The number of hydrogen-bond donors (Lipinski definition) is 1. The van der Waals surface area contributed by atoms with Gasteiger partial charge in [-0.25, -0.2) is 12.8 Å². The molecule has 0 bridgehead atoms. The highest BCUT2D eigenvalue weighted by Gasteiger charge is 2.30. The summed E-state index contributed by atoms with van der Waals surface area (Å²) in [4.78, 5) is -0.0152. The monoisotopic (exact) mass is 422 g/mol. The number of halogens is 2. The van der Waals surface area contributed by atoms with Crippen LogP contribution in [-0.2, 0) is 14.8 Å². The van der Waals surface area contributed by atoms with Gasteiger partial charge in [0.2, 0.25) is 10.0 Å². The zero-order valence-electron chi connectivity index (χ0n) is 15.5. The summed E-state index contributed by atoms with van der Waals surface area (Å²) < 4.78 is 52.1. The molecule has 0 spiro atoms. The van der Waals surface area contributed by atoms with E-state index in [0.717, 1.165) is 31.9 Å². The van der Waals surface area contributed by atoms with Crippen LogP contribution in [0.3, 0.4) is 0 Å². The first-order valence-electron chi connectivity index (χ1n) is 9.15. The molecule has 2 aliphatic heterocycles. The Morgan fingerprint density at radius 2 is 2.00 bits per heavy atom. The molecule has 1 N–H and O–H groups in total. The molecular weight excluding hydrogens is 395 g/mol. The van der Waals surface area contributed by atoms with Gasteiger partial charge in [-0.3, -0.25) is 0 Å². The van der Waals surface area contributed by atoms with Gasteiger partial charge in [0.1, 0.15) is 0 Å². The number of nitrogens with one attached hydrogen (secondary N) is 1. The molecule has 0 amide bonds. The molecule has 0 radical (unpaired) electrons. The van der Waals surface area contributed by atoms with Gasteiger partial charge in [-0.15, -0.1) is 12.4 Å². The van der Waals surface area contributed by atoms with E-state index in [1.54, 1.807) is 0 Å². The molecule has 1 aromatic rings. The smallest absolute Gasteiger partial charge is 0.243 e. The van der Waals surface area contributed by atoms with Crippen molar-refractivity contribution in [2.75, 3.05) is 46.5 Å². The third-order valence-corrected chi connectivity index (χ3v) is 7.00. The second-order valence-corrected chi connectivity index (χ2v) is 8.98. The highest BCUT2D eigenvalue weighted by Crippen LogP contribution is 2.27. The van der Waals surface area contributed by atoms with Crippen LogP contribution in [0.5, 0.6) is 5.75 Å². The van der Waals surface area contributed by atoms with Crippen LogP contribution < -0.4 is 10.1 Å². The minimum Gasteiger partial charge on any atom is -0.490 e. The molecule has 9 heteroatoms. The molecule has 27 heavy (non-hydrogen) atoms. The Hall–Kier alpha value is -0.930. The summed E-state index contributed by atoms with van der Waals surface area (Å²) in [5.74, 6) is 0.189. The first kappa shape index (κ1) is 22.4. The largest absolute Gasteiger partial charge is 0.490 e. The first-order chi connectivity index (χ1) is 12.5. The van der Waals surface area contributed by atoms with E-state index in [9.17, 15) is 12.8 Å². The van der Waals surface area contributed by atoms with Crippen molar-refractivity contribution in [2.45, 2.75) is 24.2 Å². The number of piperidine rings is 1. The van der Waals surface area contributed by atoms with Crippen molar-refractivity contribution in [1.29, 1.82) is 0 Å². The number of benzene rings is 1. The van der Waals surface area contributed by atoms with Crippen molar-refractivity contribution >= 4 is 22.4 Å². The summed E-state index contributed by atoms with van der Waals surface area (Å²) >= 11 is 0. The molecule has 6 nitrogen and oxygen atoms in total. The van der Waals surface area contributed by atoms with Crippen LogP contribution in [0.25, 0.3) is 0 Å². The number of nitrogens with zero attached hydrogens (tertiary/aromatic N) is 1. The summed E-state index contributed by atoms with van der Waals surface area (Å²) in [6.45, 7) is 3.53. The van der Waals surface area contributed by atoms with Crippen LogP contribution >= 0.6 is 12.4 Å². The molecule has 1 unspecified atom stereocenters. The summed E-state index contributed by atoms with van der Waals surface area (Å²) in [5.41, 5.74) is 0. The van der Waals surface area contributed by atoms with Gasteiger partial charge in [-0.2, -0.15) is 4.31 Å². The lowest BCUT2D eigenvalue weighted by Gasteiger charge is -2.31. The quantitative estimate of drug-likeness (QED) is 0.730. The maximum Gasteiger partial charge on any atom is 0.243 e. The average Bonchev–Trinajstić information content (AvgIpc) is 3.15. The van der Waals surface area contributed by atoms with E-state index in [1.165, 1.54) is 16.4 Å². The minimum absolute atomic E-state index is 0. The molecule has 0 aromatic heterocycles. The molecular formula is C18H28ClFN2O4S. The van der Waals surface area contributed by atoms with E-state index in [4.69, 9.17) is 9.47 Å². The molecule has 1 aromatic carbocycles. The van der Waals surface area contributed by atoms with E-state index in [2.05, 4.69) is 5.32 Å². The highest BCUT2D eigenvalue weighted by molar-refractivity contribution is 7.89. The Labute approximate surface area is 166 Å². The second-order valence-electron chi connectivity index (χ2n) is 7.04. The predicted molar refractivity (Wildman–Crippen MR) is 103 cm³/mol. The third kappa shape index (κ3) is 5.54. The fourth-order valence-corrected chi connectivity index (χ4v) is 4.96. The van der Waals surface area contributed by atoms with E-state index in [-0.39, 0.29) is 29.0 Å². The Bertz CT molecular complexity index is 705. The zero-order valence-corrected chi connectivity index (χ0v) is 17.2. The van der Waals surface area contributed by atoms with Gasteiger partial charge >= 0.3 is 0 Å². The van der Waals surface area contributed by atoms with Crippen molar-refractivity contribution in [1.82, 2.24) is 9.62 Å². The molecule has 2 aliphatic rings. The second kappa shape index (κ2) is 10.0. The van der Waals surface area contributed by atoms with Gasteiger partial charge in [0, 0.05) is 25.6 Å². The van der Waals surface area contributed by atoms with Gasteiger partial charge in [0.25, 0.3) is 0 Å². The molecule has 2 saturated heterocycles. The highest BCUT2D eigenvalue weighted by atomic mass is 35.5. The molecule has 2 heterocycles. The molecule has 0 aliphatic carbocycles. The summed E-state index contributed by atoms with van der Waals surface area (Å²) in [6, 6.07) is 3.90. The number of hydrogen-bond acceptors (Lipinski definition) is 5. The van der Waals surface area contributed by atoms with E-state index >= 15 is 0 Å². The SMILES string of the molecule is CNCC1CCN(S(=O)(=O)c2ccc(OCC3CCOC3)c(F)c2)CC1.Cl. The van der Waals surface area contributed by atoms with Gasteiger partial charge in [-0.05, 0) is 57.0 Å². The molecule has 3 rings (SSSR count). The van der Waals surface area contributed by atoms with Gasteiger partial charge in [0.15, 0.2) is 11.6 Å². The van der Waals surface area contributed by atoms with Crippen LogP contribution in [0.1, 0.15) is 19.3 Å². The number of rotatable bonds is 7. The maximum atomic E-state index is 14.3. The van der Waals surface area contributed by atoms with Crippen LogP contribution in [-0.4, -0.2) is 59.2 Å². The number of sulfonamides is 1. The fraction of sp³-hybridized carbons (Fsp3) is 0.667. The first-order valence-corrected chi connectivity index (χ1v) is 10.6. The normalized spacial score (nSPS) is 21.8. The van der Waals surface area contributed by atoms with Crippen LogP contribution in [0.4, 0.5) is 4.39 Å². The Balaban J connectivity index is 0.00000261. The maximum absolute atomic E-state index is 14.3. The van der Waals surface area contributed by atoms with E-state index < -0.39 is 15.8 Å². The topological polar surface area (TPSA) is 67.9 Å². The Kier molecular flexibility index (Phi) is 8.30. The number of ether oxygens (including phenoxy) is 2. The van der Waals surface area contributed by atoms with E-state index in [0.29, 0.717) is 38.8 Å². The Morgan fingerprint density at radius 3 is 2.59 bits per heavy atom. The van der Waals surface area contributed by atoms with Gasteiger partial charge < -0.3 is 14.8 Å². The van der Waals surface area contributed by atoms with Crippen molar-refractivity contribution in [3.05, 3.63) is 24.0 Å². The molecule has 154 valence electrons. The van der Waals surface area contributed by atoms with E-state index in [1.807, 2.05) is 7.05 Å². The van der Waals surface area contributed by atoms with Crippen molar-refractivity contribution in [2.24, 2.45) is 11.8 Å². The van der Waals surface area contributed by atoms with Gasteiger partial charge in [-0.1, -0.05) is 0 Å². The lowest BCUT2D eigenvalue weighted by molar-refractivity contribution is 0.165. The van der Waals surface area contributed by atoms with Crippen molar-refractivity contribution in [3.63, 3.8) is 0 Å². The van der Waals surface area contributed by atoms with Crippen LogP contribution in [0.15, 0.2) is 23.1 Å². The Morgan fingerprint density at radius 1 is 1.26 bits per heavy atom. The minimum atomic E-state index is -3.67. The average molecular weight is 423 g/mol. The lowest BCUT2D eigenvalue weighted by atomic mass is 9.98. The summed E-state index contributed by atoms with van der Waals surface area (Å²) in [6.07, 6.45) is 2.53. The molecule has 0 saturated carbocycles. The summed E-state index contributed by atoms with van der Waals surface area (Å²) in [5, 5.41) is 3.13. The standard InChI is InChI=1S/C18H27FN2O4S.ClH/c1-20-11-14-4-7-21(8-5-14)26(22,23)16-2-3-18(17(19)10-16)25-13-15-6-9-24-12-15;/h2-3,10,14-15,20H,4-9,11-13H2,1H3;1H. The third-order valence-electron chi connectivity index (χ3n) is 5.11. The zero-order chi connectivity index (χ0) is 18.6. The van der Waals surface area contributed by atoms with Crippen LogP contribution in [0, 0.1) is 17.7 Å². The fourth-order valence-electron chi connectivity index (χ4n) is 3.47. The molecule has 2 fully saturated rings. The van der Waals surface area contributed by atoms with Crippen LogP contribution in [0.2, 0.25) is 0 Å². The predicted octanol–water partition coefficient (Wildman–Crippen LogP) is 2.28. The van der Waals surface area contributed by atoms with Crippen molar-refractivity contribution in [3.8, 4) is 5.75 Å². The lowest BCUT2D eigenvalue weighted by Crippen LogP contribution is -2.40.